The first-order valence-electron chi connectivity index (χ1n) is 14.0. The SMILES string of the molecule is Cc1cncc(N[C@H](CC2CC2)C(=O)N2[C@H]3CC[C@@H]([C@@H]2C(=O)N[C@H](C#N)C[C@H]2CCCNC2=O)C(F)(F)C3)c1. The zero-order valence-corrected chi connectivity index (χ0v) is 22.2. The molecule has 2 saturated carbocycles. The van der Waals surface area contributed by atoms with E-state index in [0.29, 0.717) is 37.4 Å². The molecule has 0 radical (unpaired) electrons. The Kier molecular flexibility index (Phi) is 7.74. The summed E-state index contributed by atoms with van der Waals surface area (Å²) < 4.78 is 30.3. The lowest BCUT2D eigenvalue weighted by atomic mass is 9.71. The Labute approximate surface area is 227 Å². The Morgan fingerprint density at radius 3 is 2.69 bits per heavy atom. The van der Waals surface area contributed by atoms with Gasteiger partial charge in [0.2, 0.25) is 17.7 Å². The van der Waals surface area contributed by atoms with E-state index < -0.39 is 54.3 Å². The number of nitrogens with zero attached hydrogens (tertiary/aromatic N) is 3. The van der Waals surface area contributed by atoms with Crippen molar-refractivity contribution in [3.05, 3.63) is 24.0 Å². The van der Waals surface area contributed by atoms with E-state index in [0.717, 1.165) is 24.8 Å². The molecular formula is C28H36F2N6O3. The average Bonchev–Trinajstić information content (AvgIpc) is 3.72. The highest BCUT2D eigenvalue weighted by atomic mass is 19.3. The number of hydrogen-bond acceptors (Lipinski definition) is 6. The van der Waals surface area contributed by atoms with Gasteiger partial charge in [0.1, 0.15) is 18.1 Å². The Morgan fingerprint density at radius 2 is 2.03 bits per heavy atom. The molecule has 5 fully saturated rings. The number of nitriles is 1. The van der Waals surface area contributed by atoms with E-state index in [1.54, 1.807) is 12.4 Å². The van der Waals surface area contributed by atoms with Crippen LogP contribution in [0.4, 0.5) is 14.5 Å². The van der Waals surface area contributed by atoms with Crippen LogP contribution in [-0.4, -0.2) is 64.2 Å². The van der Waals surface area contributed by atoms with E-state index in [-0.39, 0.29) is 24.7 Å². The number of alkyl halides is 2. The van der Waals surface area contributed by atoms with Crippen molar-refractivity contribution in [3.63, 3.8) is 0 Å². The molecular weight excluding hydrogens is 506 g/mol. The van der Waals surface area contributed by atoms with Crippen molar-refractivity contribution in [1.29, 1.82) is 5.26 Å². The monoisotopic (exact) mass is 542 g/mol. The first-order valence-corrected chi connectivity index (χ1v) is 14.0. The molecule has 6 atom stereocenters. The number of pyridine rings is 1. The molecule has 5 aliphatic rings. The Hall–Kier alpha value is -3.29. The zero-order chi connectivity index (χ0) is 27.7. The number of carbonyl (C=O) groups excluding carboxylic acids is 3. The number of carbonyl (C=O) groups is 3. The van der Waals surface area contributed by atoms with Crippen molar-refractivity contribution >= 4 is 23.4 Å². The van der Waals surface area contributed by atoms with Gasteiger partial charge in [-0.05, 0) is 63.0 Å². The summed E-state index contributed by atoms with van der Waals surface area (Å²) in [4.78, 5) is 45.5. The number of fused-ring (bicyclic) bond motifs is 3. The lowest BCUT2D eigenvalue weighted by molar-refractivity contribution is -0.194. The lowest BCUT2D eigenvalue weighted by Gasteiger charge is -2.54. The molecule has 2 bridgehead atoms. The maximum Gasteiger partial charge on any atom is 0.255 e. The first-order chi connectivity index (χ1) is 18.7. The van der Waals surface area contributed by atoms with Crippen LogP contribution < -0.4 is 16.0 Å². The summed E-state index contributed by atoms with van der Waals surface area (Å²) in [5.74, 6) is -5.77. The van der Waals surface area contributed by atoms with Crippen LogP contribution in [0.25, 0.3) is 0 Å². The van der Waals surface area contributed by atoms with Gasteiger partial charge in [0.25, 0.3) is 5.92 Å². The molecule has 11 heteroatoms. The number of rotatable bonds is 9. The molecule has 2 aliphatic carbocycles. The minimum absolute atomic E-state index is 0.103. The second-order valence-electron chi connectivity index (χ2n) is 11.7. The fourth-order valence-corrected chi connectivity index (χ4v) is 6.49. The molecule has 6 rings (SSSR count). The van der Waals surface area contributed by atoms with E-state index in [4.69, 9.17) is 0 Å². The average molecular weight is 543 g/mol. The van der Waals surface area contributed by atoms with Gasteiger partial charge in [0.15, 0.2) is 0 Å². The fourth-order valence-electron chi connectivity index (χ4n) is 6.49. The molecule has 1 aromatic rings. The van der Waals surface area contributed by atoms with E-state index in [9.17, 15) is 19.6 Å². The molecule has 3 amide bonds. The predicted molar refractivity (Wildman–Crippen MR) is 138 cm³/mol. The van der Waals surface area contributed by atoms with E-state index in [2.05, 4.69) is 20.9 Å². The summed E-state index contributed by atoms with van der Waals surface area (Å²) in [7, 11) is 0. The minimum atomic E-state index is -3.09. The summed E-state index contributed by atoms with van der Waals surface area (Å²) in [6.45, 7) is 2.47. The highest BCUT2D eigenvalue weighted by Crippen LogP contribution is 2.49. The van der Waals surface area contributed by atoms with Gasteiger partial charge in [-0.2, -0.15) is 5.26 Å². The summed E-state index contributed by atoms with van der Waals surface area (Å²) in [5.41, 5.74) is 1.58. The molecule has 4 heterocycles. The summed E-state index contributed by atoms with van der Waals surface area (Å²) >= 11 is 0. The summed E-state index contributed by atoms with van der Waals surface area (Å²) in [5, 5.41) is 18.4. The Morgan fingerprint density at radius 1 is 1.23 bits per heavy atom. The van der Waals surface area contributed by atoms with Gasteiger partial charge in [-0.3, -0.25) is 19.4 Å². The summed E-state index contributed by atoms with van der Waals surface area (Å²) in [6, 6.07) is 0.0543. The van der Waals surface area contributed by atoms with Gasteiger partial charge in [-0.25, -0.2) is 8.78 Å². The Balaban J connectivity index is 1.38. The highest BCUT2D eigenvalue weighted by molar-refractivity contribution is 5.92. The third-order valence-electron chi connectivity index (χ3n) is 8.63. The molecule has 9 nitrogen and oxygen atoms in total. The third kappa shape index (κ3) is 5.99. The molecule has 3 N–H and O–H groups in total. The molecule has 39 heavy (non-hydrogen) atoms. The lowest BCUT2D eigenvalue weighted by Crippen LogP contribution is -2.70. The van der Waals surface area contributed by atoms with Crippen LogP contribution in [0, 0.1) is 36.0 Å². The number of hydrogen-bond donors (Lipinski definition) is 3. The number of halogens is 2. The van der Waals surface area contributed by atoms with Crippen molar-refractivity contribution < 1.29 is 23.2 Å². The van der Waals surface area contributed by atoms with Gasteiger partial charge < -0.3 is 20.9 Å². The van der Waals surface area contributed by atoms with E-state index >= 15 is 8.78 Å². The largest absolute Gasteiger partial charge is 0.372 e. The number of anilines is 1. The van der Waals surface area contributed by atoms with Crippen molar-refractivity contribution in [1.82, 2.24) is 20.5 Å². The molecule has 3 aliphatic heterocycles. The van der Waals surface area contributed by atoms with Crippen LogP contribution in [0.2, 0.25) is 0 Å². The highest BCUT2D eigenvalue weighted by Gasteiger charge is 2.61. The van der Waals surface area contributed by atoms with Gasteiger partial charge in [0, 0.05) is 37.3 Å². The third-order valence-corrected chi connectivity index (χ3v) is 8.63. The van der Waals surface area contributed by atoms with Gasteiger partial charge >= 0.3 is 0 Å². The first kappa shape index (κ1) is 27.3. The van der Waals surface area contributed by atoms with Crippen molar-refractivity contribution in [2.24, 2.45) is 17.8 Å². The normalized spacial score (nSPS) is 29.1. The minimum Gasteiger partial charge on any atom is -0.372 e. The van der Waals surface area contributed by atoms with Crippen LogP contribution >= 0.6 is 0 Å². The number of piperidine rings is 3. The van der Waals surface area contributed by atoms with Crippen molar-refractivity contribution in [2.45, 2.75) is 94.8 Å². The van der Waals surface area contributed by atoms with Crippen LogP contribution in [0.1, 0.15) is 63.4 Å². The van der Waals surface area contributed by atoms with E-state index in [1.165, 1.54) is 4.90 Å². The van der Waals surface area contributed by atoms with Crippen LogP contribution in [0.15, 0.2) is 18.5 Å². The number of amides is 3. The number of aromatic nitrogens is 1. The van der Waals surface area contributed by atoms with Gasteiger partial charge in [-0.1, -0.05) is 12.8 Å². The smallest absolute Gasteiger partial charge is 0.255 e. The molecule has 3 saturated heterocycles. The molecule has 0 aromatic carbocycles. The maximum atomic E-state index is 15.1. The van der Waals surface area contributed by atoms with Gasteiger partial charge in [-0.15, -0.1) is 0 Å². The maximum absolute atomic E-state index is 15.1. The number of nitrogens with one attached hydrogen (secondary N) is 3. The van der Waals surface area contributed by atoms with Crippen molar-refractivity contribution in [2.75, 3.05) is 11.9 Å². The van der Waals surface area contributed by atoms with Crippen molar-refractivity contribution in [3.8, 4) is 6.07 Å². The second-order valence-corrected chi connectivity index (χ2v) is 11.7. The molecule has 0 unspecified atom stereocenters. The predicted octanol–water partition coefficient (Wildman–Crippen LogP) is 2.91. The van der Waals surface area contributed by atoms with Crippen LogP contribution in [0.3, 0.4) is 0 Å². The second kappa shape index (κ2) is 11.1. The zero-order valence-electron chi connectivity index (χ0n) is 22.2. The van der Waals surface area contributed by atoms with Gasteiger partial charge in [0.05, 0.1) is 17.7 Å². The molecule has 0 spiro atoms. The molecule has 210 valence electrons. The topological polar surface area (TPSA) is 127 Å². The summed E-state index contributed by atoms with van der Waals surface area (Å²) in [6.07, 6.45) is 7.42. The van der Waals surface area contributed by atoms with E-state index in [1.807, 2.05) is 19.1 Å². The number of aryl methyl sites for hydroxylation is 1. The van der Waals surface area contributed by atoms with Crippen LogP contribution in [-0.2, 0) is 14.4 Å². The fraction of sp³-hybridized carbons (Fsp3) is 0.679. The molecule has 1 aromatic heterocycles. The van der Waals surface area contributed by atoms with Crippen LogP contribution in [0.5, 0.6) is 0 Å². The Bertz CT molecular complexity index is 1150. The standard InChI is InChI=1S/C28H36F2N6O3/c1-16-9-20(15-32-14-16)34-23(10-17-4-5-17)27(39)36-21-6-7-22(28(29,30)12-21)24(36)26(38)35-19(13-31)11-18-3-2-8-33-25(18)37/h9,14-15,17-19,21-24,34H,2-8,10-12H2,1H3,(H,33,37)(H,35,38)/t18-,19+,21+,22+,23-,24-/m1/s1. The quantitative estimate of drug-likeness (QED) is 0.440.